The Morgan fingerprint density at radius 1 is 1.44 bits per heavy atom. The minimum absolute atomic E-state index is 0.288. The summed E-state index contributed by atoms with van der Waals surface area (Å²) in [6.45, 7) is 15.8. The molecular formula is C16H29NO. The molecule has 0 heterocycles. The molecule has 1 fully saturated rings. The highest BCUT2D eigenvalue weighted by Crippen LogP contribution is 2.43. The fourth-order valence-corrected chi connectivity index (χ4v) is 2.70. The van der Waals surface area contributed by atoms with Crippen LogP contribution in [0.5, 0.6) is 0 Å². The minimum Gasteiger partial charge on any atom is -0.392 e. The molecular weight excluding hydrogens is 222 g/mol. The maximum atomic E-state index is 5.35. The molecule has 0 unspecified atom stereocenters. The van der Waals surface area contributed by atoms with Gasteiger partial charge in [-0.05, 0) is 36.5 Å². The van der Waals surface area contributed by atoms with Gasteiger partial charge in [-0.15, -0.1) is 0 Å². The van der Waals surface area contributed by atoms with Gasteiger partial charge in [-0.2, -0.15) is 0 Å². The molecule has 0 amide bonds. The fraction of sp³-hybridized carbons (Fsp3) is 0.812. The summed E-state index contributed by atoms with van der Waals surface area (Å²) in [5, 5.41) is 4.40. The Bertz CT molecular complexity index is 304. The van der Waals surface area contributed by atoms with E-state index in [0.717, 1.165) is 12.3 Å². The van der Waals surface area contributed by atoms with Crippen LogP contribution < -0.4 is 0 Å². The molecule has 1 rings (SSSR count). The van der Waals surface area contributed by atoms with E-state index in [4.69, 9.17) is 4.84 Å². The van der Waals surface area contributed by atoms with E-state index in [9.17, 15) is 0 Å². The van der Waals surface area contributed by atoms with Crippen molar-refractivity contribution >= 4 is 5.71 Å². The van der Waals surface area contributed by atoms with Gasteiger partial charge in [0, 0.05) is 5.92 Å². The topological polar surface area (TPSA) is 21.6 Å². The van der Waals surface area contributed by atoms with E-state index < -0.39 is 0 Å². The van der Waals surface area contributed by atoms with Gasteiger partial charge in [-0.1, -0.05) is 52.4 Å². The van der Waals surface area contributed by atoms with E-state index in [1.165, 1.54) is 18.6 Å². The normalized spacial score (nSPS) is 27.6. The Kier molecular flexibility index (Phi) is 5.43. The maximum absolute atomic E-state index is 5.35. The second kappa shape index (κ2) is 6.40. The van der Waals surface area contributed by atoms with Gasteiger partial charge in [-0.25, -0.2) is 0 Å². The smallest absolute Gasteiger partial charge is 0.135 e. The lowest BCUT2D eigenvalue weighted by Crippen LogP contribution is -2.38. The second-order valence-corrected chi connectivity index (χ2v) is 6.58. The molecule has 0 bridgehead atoms. The highest BCUT2D eigenvalue weighted by Gasteiger charge is 2.38. The van der Waals surface area contributed by atoms with Crippen LogP contribution >= 0.6 is 0 Å². The number of hydrogen-bond donors (Lipinski definition) is 0. The van der Waals surface area contributed by atoms with Crippen molar-refractivity contribution in [3.05, 3.63) is 12.7 Å². The third-order valence-corrected chi connectivity index (χ3v) is 4.67. The molecule has 0 spiro atoms. The summed E-state index contributed by atoms with van der Waals surface area (Å²) in [6, 6.07) is 0. The van der Waals surface area contributed by atoms with Crippen LogP contribution in [0, 0.1) is 23.2 Å². The second-order valence-electron chi connectivity index (χ2n) is 6.58. The first-order valence-electron chi connectivity index (χ1n) is 7.19. The van der Waals surface area contributed by atoms with Crippen LogP contribution in [-0.2, 0) is 4.84 Å². The van der Waals surface area contributed by atoms with Crippen molar-refractivity contribution in [3.63, 3.8) is 0 Å². The first kappa shape index (κ1) is 15.3. The zero-order chi connectivity index (χ0) is 13.8. The van der Waals surface area contributed by atoms with E-state index in [2.05, 4.69) is 46.4 Å². The Hall–Kier alpha value is -0.790. The highest BCUT2D eigenvalue weighted by atomic mass is 16.6. The molecule has 0 aromatic heterocycles. The summed E-state index contributed by atoms with van der Waals surface area (Å²) in [7, 11) is 0. The molecule has 0 saturated heterocycles. The van der Waals surface area contributed by atoms with Gasteiger partial charge in [-0.3, -0.25) is 0 Å². The lowest BCUT2D eigenvalue weighted by molar-refractivity contribution is 0.137. The van der Waals surface area contributed by atoms with Crippen molar-refractivity contribution in [3.8, 4) is 0 Å². The summed E-state index contributed by atoms with van der Waals surface area (Å²) < 4.78 is 0. The van der Waals surface area contributed by atoms with Gasteiger partial charge in [0.25, 0.3) is 0 Å². The summed E-state index contributed by atoms with van der Waals surface area (Å²) >= 11 is 0. The summed E-state index contributed by atoms with van der Waals surface area (Å²) in [5.41, 5.74) is 1.55. The van der Waals surface area contributed by atoms with Crippen LogP contribution in [0.2, 0.25) is 0 Å². The third-order valence-electron chi connectivity index (χ3n) is 4.67. The Morgan fingerprint density at radius 2 is 2.11 bits per heavy atom. The molecule has 18 heavy (non-hydrogen) atoms. The Morgan fingerprint density at radius 3 is 2.67 bits per heavy atom. The SMILES string of the molecule is C=CCO/N=C1\C[C@H](C)CC[C@H]1C(C)(C)C(C)C. The van der Waals surface area contributed by atoms with Gasteiger partial charge < -0.3 is 4.84 Å². The van der Waals surface area contributed by atoms with E-state index in [1.54, 1.807) is 6.08 Å². The molecule has 1 saturated carbocycles. The van der Waals surface area contributed by atoms with Crippen LogP contribution in [0.1, 0.15) is 53.9 Å². The summed E-state index contributed by atoms with van der Waals surface area (Å²) in [4.78, 5) is 5.35. The van der Waals surface area contributed by atoms with Gasteiger partial charge in [0.05, 0.1) is 5.71 Å². The average Bonchev–Trinajstić information content (AvgIpc) is 2.29. The summed E-state index contributed by atoms with van der Waals surface area (Å²) in [6.07, 6.45) is 5.38. The van der Waals surface area contributed by atoms with Crippen LogP contribution in [-0.4, -0.2) is 12.3 Å². The van der Waals surface area contributed by atoms with Crippen LogP contribution in [0.15, 0.2) is 17.8 Å². The predicted molar refractivity (Wildman–Crippen MR) is 78.7 cm³/mol. The Balaban J connectivity index is 2.85. The lowest BCUT2D eigenvalue weighted by Gasteiger charge is -2.42. The molecule has 0 aromatic rings. The van der Waals surface area contributed by atoms with Crippen molar-refractivity contribution in [1.29, 1.82) is 0 Å². The zero-order valence-electron chi connectivity index (χ0n) is 12.7. The molecule has 2 atom stereocenters. The average molecular weight is 251 g/mol. The van der Waals surface area contributed by atoms with Crippen LogP contribution in [0.3, 0.4) is 0 Å². The van der Waals surface area contributed by atoms with Gasteiger partial charge in [0.2, 0.25) is 0 Å². The molecule has 1 aliphatic carbocycles. The van der Waals surface area contributed by atoms with Crippen LogP contribution in [0.4, 0.5) is 0 Å². The van der Waals surface area contributed by atoms with E-state index >= 15 is 0 Å². The first-order valence-corrected chi connectivity index (χ1v) is 7.19. The van der Waals surface area contributed by atoms with Crippen LogP contribution in [0.25, 0.3) is 0 Å². The number of rotatable bonds is 5. The number of nitrogens with zero attached hydrogens (tertiary/aromatic N) is 1. The van der Waals surface area contributed by atoms with E-state index in [-0.39, 0.29) is 5.41 Å². The van der Waals surface area contributed by atoms with Gasteiger partial charge >= 0.3 is 0 Å². The number of hydrogen-bond acceptors (Lipinski definition) is 2. The van der Waals surface area contributed by atoms with Gasteiger partial charge in [0.15, 0.2) is 0 Å². The lowest BCUT2D eigenvalue weighted by atomic mass is 9.63. The molecule has 104 valence electrons. The quantitative estimate of drug-likeness (QED) is 0.395. The van der Waals surface area contributed by atoms with Crippen molar-refractivity contribution < 1.29 is 4.84 Å². The largest absolute Gasteiger partial charge is 0.392 e. The molecule has 2 heteroatoms. The highest BCUT2D eigenvalue weighted by molar-refractivity contribution is 5.87. The first-order chi connectivity index (χ1) is 8.39. The predicted octanol–water partition coefficient (Wildman–Crippen LogP) is 4.66. The third kappa shape index (κ3) is 3.60. The van der Waals surface area contributed by atoms with Crippen molar-refractivity contribution in [2.75, 3.05) is 6.61 Å². The van der Waals surface area contributed by atoms with E-state index in [1.807, 2.05) is 0 Å². The van der Waals surface area contributed by atoms with Crippen molar-refractivity contribution in [1.82, 2.24) is 0 Å². The van der Waals surface area contributed by atoms with E-state index in [0.29, 0.717) is 18.4 Å². The van der Waals surface area contributed by atoms with Crippen molar-refractivity contribution in [2.24, 2.45) is 28.3 Å². The fourth-order valence-electron chi connectivity index (χ4n) is 2.70. The zero-order valence-corrected chi connectivity index (χ0v) is 12.7. The van der Waals surface area contributed by atoms with Crippen molar-refractivity contribution in [2.45, 2.75) is 53.9 Å². The monoisotopic (exact) mass is 251 g/mol. The minimum atomic E-state index is 0.288. The molecule has 0 N–H and O–H groups in total. The number of oxime groups is 1. The standard InChI is InChI=1S/C16H29NO/c1-7-10-18-17-15-11-13(4)8-9-14(15)16(5,6)12(2)3/h7,12-14H,1,8-11H2,2-6H3/b17-15+/t13-,14-/m1/s1. The maximum Gasteiger partial charge on any atom is 0.135 e. The molecule has 0 radical (unpaired) electrons. The Labute approximate surface area is 112 Å². The summed E-state index contributed by atoms with van der Waals surface area (Å²) in [5.74, 6) is 1.94. The van der Waals surface area contributed by atoms with Gasteiger partial charge in [0.1, 0.15) is 6.61 Å². The molecule has 0 aromatic carbocycles. The molecule has 2 nitrogen and oxygen atoms in total. The molecule has 0 aliphatic heterocycles. The molecule has 1 aliphatic rings.